The van der Waals surface area contributed by atoms with Crippen molar-refractivity contribution in [2.75, 3.05) is 88.9 Å². The standard InChI is InChI=1S/C76H130N10O15/c1-24-58-74(96)80(17)53(15)72(94)85(22)66(54(16)101-37-26-25-34-86-35-38-100-39-36-86)63(88)44-57(48(8)9)73(95)81(18)59(40-45(2)3)62(87)43-51(13)68(90)77-52(14)71(93)82(19)60(41-46(4)5)75(97)83(20)61(42-47(6)7)76(98)84(21)65(49(10)11)70(92)79-64(69(91)78-58)67(89)50(12)28-27-29-55-30-32-56(99-23)33-31-55/h30-33,45-54,57-61,64-67,89H,24-29,34-44H2,1-23H3,(H,77,90)(H,78,91)(H,79,92)/t50-,51-,52-,53-,54-,57+,58+,59+,60+,61+,64+,65+,66+,67-/m1/s1. The number of unbranched alkanes of at least 4 members (excludes halogenated alkanes) is 1. The first-order valence-corrected chi connectivity index (χ1v) is 37.0. The number of nitrogens with one attached hydrogen (secondary N) is 3. The largest absolute Gasteiger partial charge is 0.497 e. The first-order chi connectivity index (χ1) is 47.2. The Labute approximate surface area is 604 Å². The number of methoxy groups -OCH3 is 1. The smallest absolute Gasteiger partial charge is 0.245 e. The molecule has 0 aromatic heterocycles. The number of benzene rings is 1. The van der Waals surface area contributed by atoms with Gasteiger partial charge in [-0.3, -0.25) is 57.6 Å². The first kappa shape index (κ1) is 88.6. The highest BCUT2D eigenvalue weighted by molar-refractivity contribution is 6.00. The van der Waals surface area contributed by atoms with Gasteiger partial charge in [-0.2, -0.15) is 0 Å². The normalized spacial score (nSPS) is 26.5. The number of carbonyl (C=O) groups is 11. The molecule has 2 aliphatic heterocycles. The van der Waals surface area contributed by atoms with E-state index in [0.29, 0.717) is 44.6 Å². The second kappa shape index (κ2) is 42.3. The van der Waals surface area contributed by atoms with Gasteiger partial charge in [0, 0.05) is 86.7 Å². The molecular weight excluding hydrogens is 1290 g/mol. The van der Waals surface area contributed by atoms with Gasteiger partial charge in [0.2, 0.25) is 53.2 Å². The molecule has 0 unspecified atom stereocenters. The minimum absolute atomic E-state index is 0.00950. The number of carbonyl (C=O) groups excluding carboxylic acids is 11. The van der Waals surface area contributed by atoms with E-state index in [9.17, 15) is 24.3 Å². The van der Waals surface area contributed by atoms with E-state index in [1.165, 1.54) is 85.5 Å². The number of hydrogen-bond donors (Lipinski definition) is 4. The fourth-order valence-electron chi connectivity index (χ4n) is 13.7. The molecule has 0 bridgehead atoms. The van der Waals surface area contributed by atoms with E-state index in [2.05, 4.69) is 20.9 Å². The molecule has 25 heteroatoms. The van der Waals surface area contributed by atoms with Gasteiger partial charge in [-0.15, -0.1) is 0 Å². The molecule has 25 nitrogen and oxygen atoms in total. The number of amides is 9. The quantitative estimate of drug-likeness (QED) is 0.0909. The molecule has 1 aromatic rings. The van der Waals surface area contributed by atoms with Crippen molar-refractivity contribution in [3.8, 4) is 5.75 Å². The number of ketones is 2. The van der Waals surface area contributed by atoms with Gasteiger partial charge in [0.25, 0.3) is 0 Å². The molecule has 2 fully saturated rings. The Kier molecular flexibility index (Phi) is 37.1. The van der Waals surface area contributed by atoms with E-state index in [1.54, 1.807) is 62.5 Å². The lowest BCUT2D eigenvalue weighted by atomic mass is 9.85. The van der Waals surface area contributed by atoms with Crippen LogP contribution < -0.4 is 20.7 Å². The molecule has 101 heavy (non-hydrogen) atoms. The van der Waals surface area contributed by atoms with Crippen LogP contribution in [0.5, 0.6) is 5.75 Å². The summed E-state index contributed by atoms with van der Waals surface area (Å²) >= 11 is 0. The van der Waals surface area contributed by atoms with Gasteiger partial charge in [0.05, 0.1) is 38.6 Å². The molecule has 574 valence electrons. The van der Waals surface area contributed by atoms with Crippen molar-refractivity contribution in [1.82, 2.24) is 50.2 Å². The third-order valence-electron chi connectivity index (χ3n) is 20.4. The molecular formula is C76H130N10O15. The molecule has 2 aliphatic rings. The fraction of sp³-hybridized carbons (Fsp3) is 0.776. The second-order valence-corrected chi connectivity index (χ2v) is 30.7. The van der Waals surface area contributed by atoms with Crippen molar-refractivity contribution in [1.29, 1.82) is 0 Å². The van der Waals surface area contributed by atoms with E-state index in [1.807, 2.05) is 65.8 Å². The third kappa shape index (κ3) is 26.0. The molecule has 0 saturated carbocycles. The molecule has 9 amide bonds. The highest BCUT2D eigenvalue weighted by Gasteiger charge is 2.45. The van der Waals surface area contributed by atoms with E-state index in [0.717, 1.165) is 31.6 Å². The van der Waals surface area contributed by atoms with Gasteiger partial charge < -0.3 is 64.7 Å². The summed E-state index contributed by atoms with van der Waals surface area (Å²) in [6.45, 7) is 32.0. The zero-order valence-electron chi connectivity index (χ0n) is 65.6. The number of aliphatic hydroxyl groups excluding tert-OH is 1. The van der Waals surface area contributed by atoms with Crippen molar-refractivity contribution < 1.29 is 72.1 Å². The molecule has 2 saturated heterocycles. The van der Waals surface area contributed by atoms with Crippen LogP contribution in [0.3, 0.4) is 0 Å². The average Bonchev–Trinajstić information content (AvgIpc) is 0.820. The summed E-state index contributed by atoms with van der Waals surface area (Å²) in [5.74, 6) is -10.4. The van der Waals surface area contributed by atoms with Crippen LogP contribution >= 0.6 is 0 Å². The predicted molar refractivity (Wildman–Crippen MR) is 390 cm³/mol. The molecule has 0 radical (unpaired) electrons. The molecule has 0 spiro atoms. The van der Waals surface area contributed by atoms with Gasteiger partial charge in [0.1, 0.15) is 54.1 Å². The summed E-state index contributed by atoms with van der Waals surface area (Å²) in [5, 5.41) is 20.8. The van der Waals surface area contributed by atoms with Crippen LogP contribution in [0, 0.1) is 47.3 Å². The summed E-state index contributed by atoms with van der Waals surface area (Å²) in [6, 6.07) is -3.85. The highest BCUT2D eigenvalue weighted by atomic mass is 16.5. The first-order valence-electron chi connectivity index (χ1n) is 37.0. The van der Waals surface area contributed by atoms with Crippen LogP contribution in [0.25, 0.3) is 0 Å². The number of rotatable bonds is 23. The van der Waals surface area contributed by atoms with Gasteiger partial charge >= 0.3 is 0 Å². The number of hydrogen-bond acceptors (Lipinski definition) is 16. The van der Waals surface area contributed by atoms with Crippen LogP contribution in [0.4, 0.5) is 0 Å². The molecule has 3 rings (SSSR count). The van der Waals surface area contributed by atoms with E-state index < -0.39 is 161 Å². The SMILES string of the molecule is CC[C@@H]1NC(=O)[C@H]([C@H](O)[C@H](C)CCCc2ccc(OC)cc2)NC(=O)[C@H](C(C)C)N(C)C(=O)[C@H](CC(C)C)N(C)C(=O)[C@H](CC(C)C)N(C)C(=O)[C@@H](C)NC(=O)[C@H](C)CC(=O)[C@H](CC(C)C)N(C)C(=O)[C@H](C(C)C)CC(=O)[C@H]([C@@H](C)OCCCCN2CCOCC2)N(C)C(=O)[C@@H](C)N(C)C1=O. The number of morpholine rings is 1. The van der Waals surface area contributed by atoms with Crippen LogP contribution in [0.15, 0.2) is 24.3 Å². The number of nitrogens with zero attached hydrogens (tertiary/aromatic N) is 7. The second-order valence-electron chi connectivity index (χ2n) is 30.7. The zero-order chi connectivity index (χ0) is 76.6. The van der Waals surface area contributed by atoms with Crippen LogP contribution in [-0.4, -0.2) is 260 Å². The van der Waals surface area contributed by atoms with E-state index in [-0.39, 0.29) is 62.9 Å². The number of ether oxygens (including phenoxy) is 3. The maximum atomic E-state index is 15.3. The summed E-state index contributed by atoms with van der Waals surface area (Å²) in [7, 11) is 10.3. The van der Waals surface area contributed by atoms with Crippen molar-refractivity contribution >= 4 is 64.7 Å². The van der Waals surface area contributed by atoms with Gasteiger partial charge in [0.15, 0.2) is 11.6 Å². The molecule has 0 aliphatic carbocycles. The van der Waals surface area contributed by atoms with Crippen LogP contribution in [0.1, 0.15) is 181 Å². The van der Waals surface area contributed by atoms with Crippen molar-refractivity contribution in [3.05, 3.63) is 29.8 Å². The average molecular weight is 1420 g/mol. The van der Waals surface area contributed by atoms with Crippen LogP contribution in [-0.2, 0) is 68.6 Å². The topological polar surface area (TPSA) is 294 Å². The lowest BCUT2D eigenvalue weighted by Crippen LogP contribution is -2.63. The maximum Gasteiger partial charge on any atom is 0.245 e. The van der Waals surface area contributed by atoms with Gasteiger partial charge in [-0.25, -0.2) is 0 Å². The third-order valence-corrected chi connectivity index (χ3v) is 20.4. The van der Waals surface area contributed by atoms with Crippen LogP contribution in [0.2, 0.25) is 0 Å². The van der Waals surface area contributed by atoms with Crippen molar-refractivity contribution in [2.24, 2.45) is 47.3 Å². The van der Waals surface area contributed by atoms with E-state index in [4.69, 9.17) is 14.2 Å². The van der Waals surface area contributed by atoms with Gasteiger partial charge in [-0.1, -0.05) is 102 Å². The Morgan fingerprint density at radius 2 is 1.07 bits per heavy atom. The Morgan fingerprint density at radius 3 is 1.59 bits per heavy atom. The Morgan fingerprint density at radius 1 is 0.545 bits per heavy atom. The van der Waals surface area contributed by atoms with E-state index >= 15 is 33.6 Å². The monoisotopic (exact) mass is 1420 g/mol. The molecule has 1 aromatic carbocycles. The zero-order valence-corrected chi connectivity index (χ0v) is 65.6. The minimum Gasteiger partial charge on any atom is -0.497 e. The molecule has 14 atom stereocenters. The Balaban J connectivity index is 2.30. The summed E-state index contributed by atoms with van der Waals surface area (Å²) in [6.07, 6.45) is 0.348. The van der Waals surface area contributed by atoms with Crippen molar-refractivity contribution in [3.63, 3.8) is 0 Å². The number of likely N-dealkylation sites (N-methyl/N-ethyl adjacent to an activating group) is 6. The predicted octanol–water partition coefficient (Wildman–Crippen LogP) is 6.03. The minimum atomic E-state index is -1.70. The summed E-state index contributed by atoms with van der Waals surface area (Å²) in [5.41, 5.74) is 1.01. The maximum absolute atomic E-state index is 15.3. The lowest BCUT2D eigenvalue weighted by Gasteiger charge is -2.40. The number of aliphatic hydroxyl groups is 1. The lowest BCUT2D eigenvalue weighted by molar-refractivity contribution is -0.154. The van der Waals surface area contributed by atoms with Crippen molar-refractivity contribution in [2.45, 2.75) is 248 Å². The number of Topliss-reactive ketones (excluding diaryl/α,β-unsaturated/α-hetero) is 2. The Bertz CT molecular complexity index is 2870. The Hall–Kier alpha value is -6.57. The summed E-state index contributed by atoms with van der Waals surface area (Å²) in [4.78, 5) is 174. The molecule has 4 N–H and O–H groups in total. The fourth-order valence-corrected chi connectivity index (χ4v) is 13.7. The highest BCUT2D eigenvalue weighted by Crippen LogP contribution is 2.28. The number of aryl methyl sites for hydroxylation is 1. The molecule has 2 heterocycles. The summed E-state index contributed by atoms with van der Waals surface area (Å²) < 4.78 is 17.3. The van der Waals surface area contributed by atoms with Gasteiger partial charge in [-0.05, 0) is 138 Å².